The van der Waals surface area contributed by atoms with Crippen LogP contribution in [0.25, 0.3) is 0 Å². The summed E-state index contributed by atoms with van der Waals surface area (Å²) in [4.78, 5) is 11.1. The van der Waals surface area contributed by atoms with Crippen LogP contribution < -0.4 is 0 Å². The van der Waals surface area contributed by atoms with Gasteiger partial charge in [-0.15, -0.1) is 0 Å². The SMILES string of the molecule is C[C@@H]1CCC(O)C2OC2C=CC(=O)O1. The molecule has 2 heterocycles. The largest absolute Gasteiger partial charge is 0.460 e. The van der Waals surface area contributed by atoms with E-state index in [1.165, 1.54) is 6.08 Å². The predicted octanol–water partition coefficient (Wildman–Crippen LogP) is 0.396. The van der Waals surface area contributed by atoms with Gasteiger partial charge >= 0.3 is 5.97 Å². The van der Waals surface area contributed by atoms with Gasteiger partial charge in [0, 0.05) is 6.08 Å². The van der Waals surface area contributed by atoms with Gasteiger partial charge in [0.25, 0.3) is 0 Å². The van der Waals surface area contributed by atoms with E-state index in [-0.39, 0.29) is 24.3 Å². The maximum Gasteiger partial charge on any atom is 0.330 e. The summed E-state index contributed by atoms with van der Waals surface area (Å²) >= 11 is 0. The van der Waals surface area contributed by atoms with E-state index in [0.29, 0.717) is 12.8 Å². The molecule has 14 heavy (non-hydrogen) atoms. The predicted molar refractivity (Wildman–Crippen MR) is 48.6 cm³/mol. The zero-order chi connectivity index (χ0) is 10.1. The van der Waals surface area contributed by atoms with E-state index in [2.05, 4.69) is 0 Å². The highest BCUT2D eigenvalue weighted by molar-refractivity contribution is 5.82. The number of carbonyl (C=O) groups is 1. The van der Waals surface area contributed by atoms with Crippen molar-refractivity contribution in [1.82, 2.24) is 0 Å². The normalized spacial score (nSPS) is 42.6. The van der Waals surface area contributed by atoms with Crippen molar-refractivity contribution >= 4 is 5.97 Å². The van der Waals surface area contributed by atoms with E-state index in [1.54, 1.807) is 6.08 Å². The van der Waals surface area contributed by atoms with Crippen LogP contribution in [-0.4, -0.2) is 35.5 Å². The van der Waals surface area contributed by atoms with E-state index in [4.69, 9.17) is 9.47 Å². The fraction of sp³-hybridized carbons (Fsp3) is 0.700. The van der Waals surface area contributed by atoms with Crippen molar-refractivity contribution < 1.29 is 19.4 Å². The number of aliphatic hydroxyl groups excluding tert-OH is 1. The lowest BCUT2D eigenvalue weighted by Crippen LogP contribution is -2.22. The van der Waals surface area contributed by atoms with Crippen molar-refractivity contribution in [2.75, 3.05) is 0 Å². The molecular weight excluding hydrogens is 184 g/mol. The van der Waals surface area contributed by atoms with Crippen LogP contribution in [0, 0.1) is 0 Å². The van der Waals surface area contributed by atoms with Crippen LogP contribution in [-0.2, 0) is 14.3 Å². The van der Waals surface area contributed by atoms with E-state index in [9.17, 15) is 9.90 Å². The Morgan fingerprint density at radius 1 is 1.50 bits per heavy atom. The molecule has 2 aliphatic heterocycles. The lowest BCUT2D eigenvalue weighted by atomic mass is 10.1. The van der Waals surface area contributed by atoms with Gasteiger partial charge in [-0.2, -0.15) is 0 Å². The Labute approximate surface area is 82.5 Å². The lowest BCUT2D eigenvalue weighted by molar-refractivity contribution is -0.142. The molecule has 78 valence electrons. The minimum absolute atomic E-state index is 0.106. The minimum Gasteiger partial charge on any atom is -0.460 e. The molecular formula is C10H14O4. The molecule has 0 saturated carbocycles. The second-order valence-corrected chi connectivity index (χ2v) is 3.82. The Morgan fingerprint density at radius 2 is 2.29 bits per heavy atom. The number of fused-ring (bicyclic) bond motifs is 1. The van der Waals surface area contributed by atoms with E-state index < -0.39 is 6.10 Å². The summed E-state index contributed by atoms with van der Waals surface area (Å²) in [6.07, 6.45) is 3.50. The summed E-state index contributed by atoms with van der Waals surface area (Å²) in [5.41, 5.74) is 0. The van der Waals surface area contributed by atoms with Gasteiger partial charge in [0.05, 0.1) is 12.2 Å². The number of cyclic esters (lactones) is 1. The van der Waals surface area contributed by atoms with Crippen molar-refractivity contribution in [3.63, 3.8) is 0 Å². The Morgan fingerprint density at radius 3 is 3.07 bits per heavy atom. The first-order chi connectivity index (χ1) is 6.66. The van der Waals surface area contributed by atoms with Crippen molar-refractivity contribution in [3.05, 3.63) is 12.2 Å². The number of hydrogen-bond acceptors (Lipinski definition) is 4. The van der Waals surface area contributed by atoms with Crippen molar-refractivity contribution in [2.24, 2.45) is 0 Å². The van der Waals surface area contributed by atoms with E-state index in [0.717, 1.165) is 0 Å². The van der Waals surface area contributed by atoms with Gasteiger partial charge in [0.15, 0.2) is 0 Å². The van der Waals surface area contributed by atoms with E-state index >= 15 is 0 Å². The maximum atomic E-state index is 11.1. The minimum atomic E-state index is -0.441. The molecule has 4 nitrogen and oxygen atoms in total. The third-order valence-electron chi connectivity index (χ3n) is 2.55. The summed E-state index contributed by atoms with van der Waals surface area (Å²) in [5, 5.41) is 9.63. The number of hydrogen-bond donors (Lipinski definition) is 1. The molecule has 0 aromatic heterocycles. The molecule has 2 rings (SSSR count). The molecule has 2 aliphatic rings. The van der Waals surface area contributed by atoms with Crippen LogP contribution in [0.1, 0.15) is 19.8 Å². The van der Waals surface area contributed by atoms with Gasteiger partial charge in [-0.05, 0) is 25.8 Å². The average Bonchev–Trinajstić information content (AvgIpc) is 2.89. The number of esters is 1. The van der Waals surface area contributed by atoms with Crippen LogP contribution in [0.15, 0.2) is 12.2 Å². The highest BCUT2D eigenvalue weighted by atomic mass is 16.6. The molecule has 0 aromatic carbocycles. The number of rotatable bonds is 0. The van der Waals surface area contributed by atoms with Crippen LogP contribution in [0.4, 0.5) is 0 Å². The lowest BCUT2D eigenvalue weighted by Gasteiger charge is -2.14. The number of ether oxygens (including phenoxy) is 2. The van der Waals surface area contributed by atoms with Gasteiger partial charge < -0.3 is 14.6 Å². The van der Waals surface area contributed by atoms with Gasteiger partial charge in [-0.3, -0.25) is 0 Å². The summed E-state index contributed by atoms with van der Waals surface area (Å²) in [7, 11) is 0. The molecule has 0 amide bonds. The molecule has 4 heteroatoms. The fourth-order valence-electron chi connectivity index (χ4n) is 1.64. The van der Waals surface area contributed by atoms with Gasteiger partial charge in [0.1, 0.15) is 12.2 Å². The highest BCUT2D eigenvalue weighted by Crippen LogP contribution is 2.29. The second-order valence-electron chi connectivity index (χ2n) is 3.82. The zero-order valence-corrected chi connectivity index (χ0v) is 8.05. The van der Waals surface area contributed by atoms with Crippen LogP contribution in [0.5, 0.6) is 0 Å². The summed E-state index contributed by atoms with van der Waals surface area (Å²) in [6.45, 7) is 1.82. The van der Waals surface area contributed by atoms with E-state index in [1.807, 2.05) is 6.92 Å². The van der Waals surface area contributed by atoms with Crippen molar-refractivity contribution in [2.45, 2.75) is 44.2 Å². The monoisotopic (exact) mass is 198 g/mol. The smallest absolute Gasteiger partial charge is 0.330 e. The number of carbonyl (C=O) groups excluding carboxylic acids is 1. The molecule has 3 unspecified atom stereocenters. The quantitative estimate of drug-likeness (QED) is 0.452. The van der Waals surface area contributed by atoms with Gasteiger partial charge in [-0.1, -0.05) is 0 Å². The molecule has 0 aliphatic carbocycles. The average molecular weight is 198 g/mol. The van der Waals surface area contributed by atoms with Gasteiger partial charge in [-0.25, -0.2) is 4.79 Å². The fourth-order valence-corrected chi connectivity index (χ4v) is 1.64. The summed E-state index contributed by atoms with van der Waals surface area (Å²) in [5.74, 6) is -0.330. The summed E-state index contributed by atoms with van der Waals surface area (Å²) in [6, 6.07) is 0. The third kappa shape index (κ3) is 2.13. The number of aliphatic hydroxyl groups is 1. The van der Waals surface area contributed by atoms with Gasteiger partial charge in [0.2, 0.25) is 0 Å². The highest BCUT2D eigenvalue weighted by Gasteiger charge is 2.42. The molecule has 0 bridgehead atoms. The first-order valence-electron chi connectivity index (χ1n) is 4.89. The number of epoxide rings is 1. The standard InChI is InChI=1S/C10H14O4/c1-6-2-3-7(11)10-8(14-10)4-5-9(12)13-6/h4-8,10-11H,2-3H2,1H3/t6-,7?,8?,10?/m1/s1. The maximum absolute atomic E-state index is 11.1. The van der Waals surface area contributed by atoms with Crippen LogP contribution in [0.2, 0.25) is 0 Å². The zero-order valence-electron chi connectivity index (χ0n) is 8.05. The second kappa shape index (κ2) is 3.71. The van der Waals surface area contributed by atoms with Crippen molar-refractivity contribution in [1.29, 1.82) is 0 Å². The Balaban J connectivity index is 2.02. The molecule has 0 radical (unpaired) electrons. The molecule has 1 saturated heterocycles. The Bertz CT molecular complexity index is 261. The molecule has 1 N–H and O–H groups in total. The topological polar surface area (TPSA) is 59.1 Å². The van der Waals surface area contributed by atoms with Crippen LogP contribution >= 0.6 is 0 Å². The van der Waals surface area contributed by atoms with Crippen molar-refractivity contribution in [3.8, 4) is 0 Å². The Kier molecular flexibility index (Phi) is 2.56. The summed E-state index contributed by atoms with van der Waals surface area (Å²) < 4.78 is 10.2. The molecule has 0 spiro atoms. The molecule has 1 fully saturated rings. The molecule has 0 aromatic rings. The third-order valence-corrected chi connectivity index (χ3v) is 2.55. The first-order valence-corrected chi connectivity index (χ1v) is 4.89. The molecule has 4 atom stereocenters. The van der Waals surface area contributed by atoms with Crippen LogP contribution in [0.3, 0.4) is 0 Å². The first kappa shape index (κ1) is 9.68. The Hall–Kier alpha value is -0.870.